The fourth-order valence-electron chi connectivity index (χ4n) is 2.72. The van der Waals surface area contributed by atoms with Crippen molar-refractivity contribution >= 4 is 66.8 Å². The van der Waals surface area contributed by atoms with Crippen LogP contribution in [0.15, 0.2) is 112 Å². The van der Waals surface area contributed by atoms with E-state index >= 15 is 0 Å². The smallest absolute Gasteiger partial charge is 0.240 e. The highest BCUT2D eigenvalue weighted by molar-refractivity contribution is 14.1. The maximum atomic E-state index is 12.2. The van der Waals surface area contributed by atoms with Crippen molar-refractivity contribution in [2.24, 2.45) is 21.1 Å². The van der Waals surface area contributed by atoms with Crippen LogP contribution in [0.5, 0.6) is 0 Å². The Labute approximate surface area is 242 Å². The standard InChI is InChI=1S/C10H9IN2O2S.C10H9IN2S.C4H6N2/c1-13-9(11)7-12-10(13)16(14,15)8-5-3-2-4-6-8;1-13-9(11)7-12-10(13)14-8-5-3-2-4-6-8;1-6-3-2-5-4-6/h2-7H,1H3;2-7H,1H3;2-4H,1H3. The van der Waals surface area contributed by atoms with Crippen LogP contribution in [0.4, 0.5) is 0 Å². The molecule has 0 atom stereocenters. The molecule has 0 saturated heterocycles. The minimum Gasteiger partial charge on any atom is -0.341 e. The highest BCUT2D eigenvalue weighted by atomic mass is 127. The van der Waals surface area contributed by atoms with Gasteiger partial charge in [-0.05, 0) is 69.4 Å². The van der Waals surface area contributed by atoms with E-state index in [-0.39, 0.29) is 10.1 Å². The SMILES string of the molecule is Cn1c(I)cnc1S(=O)(=O)c1ccccc1.Cn1c(I)cnc1Sc1ccccc1.Cn1ccnc1. The second-order valence-electron chi connectivity index (χ2n) is 7.30. The zero-order chi connectivity index (χ0) is 26.1. The number of aryl methyl sites for hydroxylation is 1. The summed E-state index contributed by atoms with van der Waals surface area (Å²) in [7, 11) is 2.15. The summed E-state index contributed by atoms with van der Waals surface area (Å²) in [6.45, 7) is 0. The fraction of sp³-hybridized carbons (Fsp3) is 0.125. The molecule has 0 aliphatic heterocycles. The minimum atomic E-state index is -3.50. The zero-order valence-corrected chi connectivity index (χ0v) is 25.7. The normalized spacial score (nSPS) is 10.7. The Bertz CT molecular complexity index is 1470. The Hall–Kier alpha value is -2.17. The summed E-state index contributed by atoms with van der Waals surface area (Å²) in [4.78, 5) is 13.5. The summed E-state index contributed by atoms with van der Waals surface area (Å²) < 4.78 is 31.8. The second kappa shape index (κ2) is 13.4. The van der Waals surface area contributed by atoms with Crippen molar-refractivity contribution in [3.05, 3.63) is 99.2 Å². The fourth-order valence-corrected chi connectivity index (χ4v) is 6.00. The third kappa shape index (κ3) is 7.66. The summed E-state index contributed by atoms with van der Waals surface area (Å²) in [6.07, 6.45) is 8.81. The summed E-state index contributed by atoms with van der Waals surface area (Å²) in [5.74, 6) is 0. The Kier molecular flexibility index (Phi) is 10.6. The van der Waals surface area contributed by atoms with Crippen LogP contribution in [-0.4, -0.2) is 37.1 Å². The summed E-state index contributed by atoms with van der Waals surface area (Å²) in [5, 5.41) is 1.10. The van der Waals surface area contributed by atoms with Crippen LogP contribution in [0.3, 0.4) is 0 Å². The van der Waals surface area contributed by atoms with Gasteiger partial charge in [-0.25, -0.2) is 23.4 Å². The molecule has 8 nitrogen and oxygen atoms in total. The van der Waals surface area contributed by atoms with Crippen LogP contribution in [0.2, 0.25) is 0 Å². The second-order valence-corrected chi connectivity index (χ2v) is 12.4. The maximum Gasteiger partial charge on any atom is 0.240 e. The van der Waals surface area contributed by atoms with Crippen LogP contribution >= 0.6 is 56.9 Å². The van der Waals surface area contributed by atoms with Gasteiger partial charge < -0.3 is 13.7 Å². The molecule has 0 unspecified atom stereocenters. The van der Waals surface area contributed by atoms with Crippen LogP contribution < -0.4 is 0 Å². The van der Waals surface area contributed by atoms with Gasteiger partial charge in [0.2, 0.25) is 15.0 Å². The van der Waals surface area contributed by atoms with Gasteiger partial charge in [-0.1, -0.05) is 48.2 Å². The number of imidazole rings is 3. The summed E-state index contributed by atoms with van der Waals surface area (Å²) in [6, 6.07) is 18.6. The maximum absolute atomic E-state index is 12.2. The monoisotopic (exact) mass is 746 g/mol. The Morgan fingerprint density at radius 3 is 1.83 bits per heavy atom. The molecule has 5 aromatic rings. The quantitative estimate of drug-likeness (QED) is 0.228. The highest BCUT2D eigenvalue weighted by Gasteiger charge is 2.23. The van der Waals surface area contributed by atoms with Gasteiger partial charge in [-0.15, -0.1) is 0 Å². The first-order chi connectivity index (χ1) is 17.2. The molecule has 0 N–H and O–H groups in total. The molecule has 3 heterocycles. The first kappa shape index (κ1) is 28.4. The van der Waals surface area contributed by atoms with Crippen molar-refractivity contribution in [1.82, 2.24) is 28.7 Å². The number of halogens is 2. The molecule has 0 bridgehead atoms. The minimum absolute atomic E-state index is 0.0723. The molecule has 0 radical (unpaired) electrons. The highest BCUT2D eigenvalue weighted by Crippen LogP contribution is 2.26. The lowest BCUT2D eigenvalue weighted by Gasteiger charge is -2.04. The lowest BCUT2D eigenvalue weighted by Crippen LogP contribution is -2.09. The predicted octanol–water partition coefficient (Wildman–Crippen LogP) is 5.45. The van der Waals surface area contributed by atoms with Crippen LogP contribution in [0.25, 0.3) is 0 Å². The number of aromatic nitrogens is 6. The zero-order valence-electron chi connectivity index (χ0n) is 19.7. The number of hydrogen-bond acceptors (Lipinski definition) is 6. The lowest BCUT2D eigenvalue weighted by molar-refractivity contribution is 0.578. The third-order valence-electron chi connectivity index (χ3n) is 4.66. The van der Waals surface area contributed by atoms with E-state index in [1.807, 2.05) is 71.8 Å². The number of nitrogens with zero attached hydrogens (tertiary/aromatic N) is 6. The molecular weight excluding hydrogens is 722 g/mol. The van der Waals surface area contributed by atoms with E-state index in [1.54, 1.807) is 66.2 Å². The van der Waals surface area contributed by atoms with Crippen molar-refractivity contribution in [2.45, 2.75) is 20.1 Å². The van der Waals surface area contributed by atoms with Crippen molar-refractivity contribution in [3.8, 4) is 0 Å². The Balaban J connectivity index is 0.000000165. The molecule has 12 heteroatoms. The molecule has 0 amide bonds. The van der Waals surface area contributed by atoms with Crippen molar-refractivity contribution < 1.29 is 8.42 Å². The van der Waals surface area contributed by atoms with Gasteiger partial charge in [0, 0.05) is 38.4 Å². The average Bonchev–Trinajstić information content (AvgIpc) is 3.59. The molecule has 2 aromatic carbocycles. The number of rotatable bonds is 4. The molecule has 188 valence electrons. The van der Waals surface area contributed by atoms with Crippen LogP contribution in [-0.2, 0) is 31.0 Å². The van der Waals surface area contributed by atoms with E-state index in [9.17, 15) is 8.42 Å². The van der Waals surface area contributed by atoms with Gasteiger partial charge in [0.05, 0.1) is 23.6 Å². The molecule has 36 heavy (non-hydrogen) atoms. The van der Waals surface area contributed by atoms with Gasteiger partial charge in [-0.3, -0.25) is 0 Å². The van der Waals surface area contributed by atoms with Gasteiger partial charge >= 0.3 is 0 Å². The van der Waals surface area contributed by atoms with E-state index in [0.717, 1.165) is 12.6 Å². The number of benzene rings is 2. The van der Waals surface area contributed by atoms with E-state index in [0.29, 0.717) is 0 Å². The van der Waals surface area contributed by atoms with Crippen molar-refractivity contribution in [1.29, 1.82) is 0 Å². The molecule has 0 aliphatic rings. The van der Waals surface area contributed by atoms with Gasteiger partial charge in [-0.2, -0.15) is 0 Å². The number of sulfone groups is 1. The van der Waals surface area contributed by atoms with Gasteiger partial charge in [0.1, 0.15) is 7.40 Å². The molecule has 0 fully saturated rings. The van der Waals surface area contributed by atoms with Crippen LogP contribution in [0.1, 0.15) is 0 Å². The molecule has 3 aromatic heterocycles. The Morgan fingerprint density at radius 1 is 0.806 bits per heavy atom. The van der Waals surface area contributed by atoms with E-state index in [4.69, 9.17) is 0 Å². The number of hydrogen-bond donors (Lipinski definition) is 0. The van der Waals surface area contributed by atoms with E-state index in [2.05, 4.69) is 54.2 Å². The third-order valence-corrected chi connectivity index (χ3v) is 9.49. The first-order valence-electron chi connectivity index (χ1n) is 10.5. The lowest BCUT2D eigenvalue weighted by atomic mass is 10.4. The van der Waals surface area contributed by atoms with Gasteiger partial charge in [0.25, 0.3) is 0 Å². The largest absolute Gasteiger partial charge is 0.341 e. The Morgan fingerprint density at radius 2 is 1.39 bits per heavy atom. The van der Waals surface area contributed by atoms with Crippen molar-refractivity contribution in [3.63, 3.8) is 0 Å². The first-order valence-corrected chi connectivity index (χ1v) is 14.9. The molecular formula is C24H24I2N6O2S2. The van der Waals surface area contributed by atoms with Crippen LogP contribution in [0, 0.1) is 7.40 Å². The molecule has 0 spiro atoms. The van der Waals surface area contributed by atoms with Gasteiger partial charge in [0.15, 0.2) is 5.16 Å². The molecule has 5 rings (SSSR count). The molecule has 0 saturated carbocycles. The molecule has 0 aliphatic carbocycles. The predicted molar refractivity (Wildman–Crippen MR) is 158 cm³/mol. The summed E-state index contributed by atoms with van der Waals surface area (Å²) >= 11 is 6.00. The van der Waals surface area contributed by atoms with E-state index in [1.165, 1.54) is 11.1 Å². The summed E-state index contributed by atoms with van der Waals surface area (Å²) in [5.41, 5.74) is 0. The van der Waals surface area contributed by atoms with Crippen molar-refractivity contribution in [2.75, 3.05) is 0 Å². The topological polar surface area (TPSA) is 87.6 Å². The average molecular weight is 746 g/mol. The van der Waals surface area contributed by atoms with E-state index < -0.39 is 9.84 Å².